The van der Waals surface area contributed by atoms with E-state index in [0.717, 1.165) is 57.8 Å². The molecular weight excluding hydrogens is 334 g/mol. The van der Waals surface area contributed by atoms with Gasteiger partial charge in [-0.05, 0) is 38.6 Å². The molecule has 3 heterocycles. The van der Waals surface area contributed by atoms with Crippen LogP contribution in [-0.4, -0.2) is 111 Å². The lowest BCUT2D eigenvalue weighted by atomic mass is 9.97. The molecule has 2 unspecified atom stereocenters. The van der Waals surface area contributed by atoms with E-state index in [0.29, 0.717) is 0 Å². The van der Waals surface area contributed by atoms with Crippen LogP contribution < -0.4 is 5.32 Å². The highest BCUT2D eigenvalue weighted by Gasteiger charge is 2.37. The second-order valence-electron chi connectivity index (χ2n) is 7.84. The van der Waals surface area contributed by atoms with Crippen molar-refractivity contribution in [1.82, 2.24) is 20.0 Å². The number of morpholine rings is 1. The Morgan fingerprint density at radius 3 is 2.76 bits per heavy atom. The normalized spacial score (nSPS) is 31.9. The zero-order chi connectivity index (χ0) is 17.7. The summed E-state index contributed by atoms with van der Waals surface area (Å²) in [5, 5.41) is 3.69. The van der Waals surface area contributed by atoms with Gasteiger partial charge in [0.2, 0.25) is 0 Å². The van der Waals surface area contributed by atoms with Gasteiger partial charge in [0.05, 0.1) is 13.2 Å². The minimum Gasteiger partial charge on any atom is -0.379 e. The van der Waals surface area contributed by atoms with Gasteiger partial charge in [0.25, 0.3) is 0 Å². The average molecular weight is 370 g/mol. The summed E-state index contributed by atoms with van der Waals surface area (Å²) in [6, 6.07) is 0. The first-order valence-electron chi connectivity index (χ1n) is 9.64. The van der Waals surface area contributed by atoms with Crippen LogP contribution in [0.3, 0.4) is 0 Å². The fourth-order valence-corrected chi connectivity index (χ4v) is 5.70. The van der Waals surface area contributed by atoms with Gasteiger partial charge in [-0.25, -0.2) is 0 Å². The average Bonchev–Trinajstić information content (AvgIpc) is 3.27. The van der Waals surface area contributed by atoms with Crippen LogP contribution in [0.25, 0.3) is 0 Å². The quantitative estimate of drug-likeness (QED) is 0.567. The Bertz CT molecular complexity index is 447. The number of nitrogens with one attached hydrogen (secondary N) is 1. The predicted molar refractivity (Wildman–Crippen MR) is 107 cm³/mol. The second kappa shape index (κ2) is 8.93. The first-order valence-corrected chi connectivity index (χ1v) is 10.8. The van der Waals surface area contributed by atoms with E-state index in [-0.39, 0.29) is 5.54 Å². The van der Waals surface area contributed by atoms with Gasteiger partial charge in [0.1, 0.15) is 0 Å². The lowest BCUT2D eigenvalue weighted by molar-refractivity contribution is 0.0315. The number of thioether (sulfide) groups is 1. The van der Waals surface area contributed by atoms with Gasteiger partial charge >= 0.3 is 0 Å². The molecule has 0 bridgehead atoms. The standard InChI is InChI=1S/C18H35N5OS/c1-19-17(20-14-18(21(2)3)5-11-25-15-18)23-6-4-16(13-23)12-22-7-9-24-10-8-22/h16H,4-15H2,1-3H3,(H,19,20). The van der Waals surface area contributed by atoms with Crippen molar-refractivity contribution < 1.29 is 4.74 Å². The van der Waals surface area contributed by atoms with Crippen LogP contribution in [0.4, 0.5) is 0 Å². The highest BCUT2D eigenvalue weighted by molar-refractivity contribution is 7.99. The Balaban J connectivity index is 1.48. The molecule has 3 aliphatic rings. The van der Waals surface area contributed by atoms with Crippen molar-refractivity contribution in [1.29, 1.82) is 0 Å². The van der Waals surface area contributed by atoms with Crippen molar-refractivity contribution in [2.75, 3.05) is 85.1 Å². The van der Waals surface area contributed by atoms with E-state index in [9.17, 15) is 0 Å². The summed E-state index contributed by atoms with van der Waals surface area (Å²) < 4.78 is 5.46. The third-order valence-corrected chi connectivity index (χ3v) is 7.26. The third kappa shape index (κ3) is 4.81. The van der Waals surface area contributed by atoms with Gasteiger partial charge in [-0.3, -0.25) is 9.89 Å². The second-order valence-corrected chi connectivity index (χ2v) is 8.94. The van der Waals surface area contributed by atoms with E-state index in [2.05, 4.69) is 50.9 Å². The molecule has 0 spiro atoms. The lowest BCUT2D eigenvalue weighted by Crippen LogP contribution is -2.55. The maximum Gasteiger partial charge on any atom is 0.193 e. The molecule has 3 aliphatic heterocycles. The van der Waals surface area contributed by atoms with E-state index < -0.39 is 0 Å². The van der Waals surface area contributed by atoms with Crippen LogP contribution in [0.1, 0.15) is 12.8 Å². The Kier molecular flexibility index (Phi) is 6.88. The van der Waals surface area contributed by atoms with Gasteiger partial charge in [0, 0.05) is 57.6 Å². The van der Waals surface area contributed by atoms with Crippen molar-refractivity contribution in [3.8, 4) is 0 Å². The molecular formula is C18H35N5OS. The summed E-state index contributed by atoms with van der Waals surface area (Å²) >= 11 is 2.07. The van der Waals surface area contributed by atoms with E-state index in [1.165, 1.54) is 30.9 Å². The molecule has 7 heteroatoms. The smallest absolute Gasteiger partial charge is 0.193 e. The van der Waals surface area contributed by atoms with Crippen molar-refractivity contribution >= 4 is 17.7 Å². The molecule has 0 aliphatic carbocycles. The van der Waals surface area contributed by atoms with Gasteiger partial charge < -0.3 is 19.9 Å². The van der Waals surface area contributed by atoms with Gasteiger partial charge in [-0.15, -0.1) is 0 Å². The zero-order valence-corrected chi connectivity index (χ0v) is 17.0. The number of likely N-dealkylation sites (N-methyl/N-ethyl adjacent to an activating group) is 1. The molecule has 3 fully saturated rings. The molecule has 1 N–H and O–H groups in total. The van der Waals surface area contributed by atoms with Crippen LogP contribution in [-0.2, 0) is 4.74 Å². The Hall–Kier alpha value is -0.500. The van der Waals surface area contributed by atoms with E-state index in [1.54, 1.807) is 0 Å². The Morgan fingerprint density at radius 2 is 2.12 bits per heavy atom. The van der Waals surface area contributed by atoms with Crippen LogP contribution >= 0.6 is 11.8 Å². The highest BCUT2D eigenvalue weighted by atomic mass is 32.2. The largest absolute Gasteiger partial charge is 0.379 e. The molecule has 0 aromatic rings. The number of hydrogen-bond acceptors (Lipinski definition) is 5. The first kappa shape index (κ1) is 19.3. The van der Waals surface area contributed by atoms with E-state index in [1.807, 2.05) is 7.05 Å². The number of hydrogen-bond donors (Lipinski definition) is 1. The number of ether oxygens (including phenoxy) is 1. The van der Waals surface area contributed by atoms with Crippen molar-refractivity contribution in [2.24, 2.45) is 10.9 Å². The molecule has 3 rings (SSSR count). The van der Waals surface area contributed by atoms with Gasteiger partial charge in [-0.1, -0.05) is 0 Å². The van der Waals surface area contributed by atoms with Crippen molar-refractivity contribution in [3.05, 3.63) is 0 Å². The van der Waals surface area contributed by atoms with Gasteiger partial charge in [0.15, 0.2) is 5.96 Å². The van der Waals surface area contributed by atoms with E-state index >= 15 is 0 Å². The number of likely N-dealkylation sites (tertiary alicyclic amines) is 1. The summed E-state index contributed by atoms with van der Waals surface area (Å²) in [6.45, 7) is 8.41. The third-order valence-electron chi connectivity index (χ3n) is 6.02. The lowest BCUT2D eigenvalue weighted by Gasteiger charge is -2.37. The maximum absolute atomic E-state index is 5.46. The summed E-state index contributed by atoms with van der Waals surface area (Å²) in [6.07, 6.45) is 2.53. The summed E-state index contributed by atoms with van der Waals surface area (Å²) in [4.78, 5) is 12.0. The fourth-order valence-electron chi connectivity index (χ4n) is 4.15. The van der Waals surface area contributed by atoms with Crippen LogP contribution in [0.15, 0.2) is 4.99 Å². The molecule has 0 amide bonds. The van der Waals surface area contributed by atoms with Gasteiger partial charge in [-0.2, -0.15) is 11.8 Å². The predicted octanol–water partition coefficient (Wildman–Crippen LogP) is 0.653. The van der Waals surface area contributed by atoms with Crippen LogP contribution in [0.5, 0.6) is 0 Å². The monoisotopic (exact) mass is 369 g/mol. The summed E-state index contributed by atoms with van der Waals surface area (Å²) in [5.74, 6) is 4.32. The highest BCUT2D eigenvalue weighted by Crippen LogP contribution is 2.31. The van der Waals surface area contributed by atoms with Crippen molar-refractivity contribution in [2.45, 2.75) is 18.4 Å². The molecule has 0 radical (unpaired) electrons. The number of guanidine groups is 1. The number of aliphatic imine (C=N–C) groups is 1. The van der Waals surface area contributed by atoms with Crippen LogP contribution in [0.2, 0.25) is 0 Å². The minimum atomic E-state index is 0.271. The summed E-state index contributed by atoms with van der Waals surface area (Å²) in [5.41, 5.74) is 0.271. The summed E-state index contributed by atoms with van der Waals surface area (Å²) in [7, 11) is 6.35. The maximum atomic E-state index is 5.46. The molecule has 3 saturated heterocycles. The topological polar surface area (TPSA) is 43.3 Å². The Labute approximate surface area is 157 Å². The van der Waals surface area contributed by atoms with E-state index in [4.69, 9.17) is 4.74 Å². The molecule has 2 atom stereocenters. The fraction of sp³-hybridized carbons (Fsp3) is 0.944. The SMILES string of the molecule is CN=C(NCC1(N(C)C)CCSC1)N1CCC(CN2CCOCC2)C1. The minimum absolute atomic E-state index is 0.271. The Morgan fingerprint density at radius 1 is 1.32 bits per heavy atom. The molecule has 0 aromatic carbocycles. The van der Waals surface area contributed by atoms with Crippen LogP contribution in [0, 0.1) is 5.92 Å². The molecule has 144 valence electrons. The molecule has 0 saturated carbocycles. The number of nitrogens with zero attached hydrogens (tertiary/aromatic N) is 4. The first-order chi connectivity index (χ1) is 12.1. The number of rotatable bonds is 5. The molecule has 0 aromatic heterocycles. The molecule has 6 nitrogen and oxygen atoms in total. The van der Waals surface area contributed by atoms with Crippen molar-refractivity contribution in [3.63, 3.8) is 0 Å². The molecule has 25 heavy (non-hydrogen) atoms. The zero-order valence-electron chi connectivity index (χ0n) is 16.2.